The van der Waals surface area contributed by atoms with Crippen molar-refractivity contribution >= 4 is 44.8 Å². The monoisotopic (exact) mass is 388 g/mol. The molecule has 0 fully saturated rings. The second kappa shape index (κ2) is 7.66. The largest absolute Gasteiger partial charge is 0.370 e. The van der Waals surface area contributed by atoms with Gasteiger partial charge in [0.15, 0.2) is 12.4 Å². The van der Waals surface area contributed by atoms with Crippen molar-refractivity contribution < 1.29 is 14.2 Å². The summed E-state index contributed by atoms with van der Waals surface area (Å²) in [6.45, 7) is 5.22. The highest BCUT2D eigenvalue weighted by molar-refractivity contribution is 6.16. The van der Waals surface area contributed by atoms with Crippen LogP contribution < -0.4 is 10.3 Å². The molecule has 148 valence electrons. The number of nitrogens with one attached hydrogen (secondary N) is 1. The number of amides is 1. The maximum Gasteiger partial charge on any atom is 0.217 e. The quantitative estimate of drug-likeness (QED) is 0.282. The van der Waals surface area contributed by atoms with E-state index in [0.29, 0.717) is 12.0 Å². The fraction of sp³-hybridized carbons (Fsp3) is 0.292. The average Bonchev–Trinajstić information content (AvgIpc) is 3.10. The van der Waals surface area contributed by atoms with E-state index in [1.54, 1.807) is 0 Å². The van der Waals surface area contributed by atoms with E-state index in [0.717, 1.165) is 48.5 Å². The lowest BCUT2D eigenvalue weighted by Crippen LogP contribution is -2.32. The number of aromatic amines is 1. The molecule has 4 aromatic rings. The molecule has 5 heteroatoms. The van der Waals surface area contributed by atoms with Crippen molar-refractivity contribution in [3.63, 3.8) is 0 Å². The first-order valence-electron chi connectivity index (χ1n) is 10.1. The Morgan fingerprint density at radius 3 is 2.66 bits per heavy atom. The smallest absolute Gasteiger partial charge is 0.217 e. The Balaban J connectivity index is 1.74. The van der Waals surface area contributed by atoms with Gasteiger partial charge in [0.1, 0.15) is 12.8 Å². The van der Waals surface area contributed by atoms with Gasteiger partial charge < -0.3 is 10.7 Å². The summed E-state index contributed by atoms with van der Waals surface area (Å²) >= 11 is 0. The molecule has 29 heavy (non-hydrogen) atoms. The minimum absolute atomic E-state index is 0.225. The van der Waals surface area contributed by atoms with E-state index in [1.165, 1.54) is 27.3 Å². The van der Waals surface area contributed by atoms with Gasteiger partial charge in [-0.1, -0.05) is 0 Å². The van der Waals surface area contributed by atoms with Crippen molar-refractivity contribution in [3.8, 4) is 0 Å². The molecule has 2 aromatic heterocycles. The van der Waals surface area contributed by atoms with Crippen molar-refractivity contribution in [2.45, 2.75) is 46.1 Å². The number of hydrogen-bond acceptors (Lipinski definition) is 2. The molecule has 4 rings (SSSR count). The molecule has 0 aliphatic rings. The summed E-state index contributed by atoms with van der Waals surface area (Å²) < 4.78 is 2.22. The third-order valence-electron chi connectivity index (χ3n) is 5.87. The lowest BCUT2D eigenvalue weighted by molar-refractivity contribution is -0.696. The molecule has 0 saturated carbocycles. The van der Waals surface area contributed by atoms with Crippen LogP contribution in [0.5, 0.6) is 0 Å². The Labute approximate surface area is 169 Å². The molecule has 0 aliphatic carbocycles. The van der Waals surface area contributed by atoms with Gasteiger partial charge in [0.05, 0.1) is 10.9 Å². The highest BCUT2D eigenvalue weighted by atomic mass is 16.1. The Bertz CT molecular complexity index is 1250. The number of primary amides is 1. The van der Waals surface area contributed by atoms with Crippen LogP contribution in [0.2, 0.25) is 0 Å². The summed E-state index contributed by atoms with van der Waals surface area (Å²) in [5.74, 6) is -0.225. The van der Waals surface area contributed by atoms with E-state index in [9.17, 15) is 9.59 Å². The molecular weight excluding hydrogens is 362 g/mol. The zero-order valence-electron chi connectivity index (χ0n) is 16.9. The van der Waals surface area contributed by atoms with Crippen molar-refractivity contribution in [1.29, 1.82) is 0 Å². The third kappa shape index (κ3) is 3.48. The SMILES string of the molecule is Cc1c2c[n+](CCCCCC(N)=O)ccc2c(C)c2c1[nH]c1ccc(C=O)cc12. The van der Waals surface area contributed by atoms with Crippen LogP contribution in [0.15, 0.2) is 36.7 Å². The maximum atomic E-state index is 11.2. The molecule has 1 amide bonds. The molecule has 0 saturated heterocycles. The molecule has 0 atom stereocenters. The van der Waals surface area contributed by atoms with Crippen molar-refractivity contribution in [3.05, 3.63) is 53.3 Å². The van der Waals surface area contributed by atoms with Crippen LogP contribution in [0, 0.1) is 13.8 Å². The predicted molar refractivity (Wildman–Crippen MR) is 116 cm³/mol. The number of aromatic nitrogens is 2. The molecular formula is C24H26N3O2+. The Morgan fingerprint density at radius 2 is 1.90 bits per heavy atom. The van der Waals surface area contributed by atoms with Crippen LogP contribution in [-0.2, 0) is 11.3 Å². The molecule has 3 N–H and O–H groups in total. The fourth-order valence-corrected chi connectivity index (χ4v) is 4.30. The second-order valence-corrected chi connectivity index (χ2v) is 7.83. The summed E-state index contributed by atoms with van der Waals surface area (Å²) in [7, 11) is 0. The van der Waals surface area contributed by atoms with E-state index < -0.39 is 0 Å². The van der Waals surface area contributed by atoms with Gasteiger partial charge in [0.25, 0.3) is 0 Å². The van der Waals surface area contributed by atoms with Crippen molar-refractivity contribution in [2.24, 2.45) is 5.73 Å². The predicted octanol–water partition coefficient (Wildman–Crippen LogP) is 4.24. The van der Waals surface area contributed by atoms with Crippen molar-refractivity contribution in [1.82, 2.24) is 4.98 Å². The van der Waals surface area contributed by atoms with Crippen LogP contribution in [0.25, 0.3) is 32.6 Å². The highest BCUT2D eigenvalue weighted by Gasteiger charge is 2.16. The third-order valence-corrected chi connectivity index (χ3v) is 5.87. The molecule has 5 nitrogen and oxygen atoms in total. The van der Waals surface area contributed by atoms with Crippen LogP contribution in [-0.4, -0.2) is 17.2 Å². The molecule has 0 radical (unpaired) electrons. The Kier molecular flexibility index (Phi) is 5.05. The van der Waals surface area contributed by atoms with Crippen LogP contribution in [0.1, 0.15) is 47.2 Å². The van der Waals surface area contributed by atoms with Gasteiger partial charge in [-0.15, -0.1) is 0 Å². The van der Waals surface area contributed by atoms with E-state index in [-0.39, 0.29) is 5.91 Å². The number of benzene rings is 2. The second-order valence-electron chi connectivity index (χ2n) is 7.83. The number of fused-ring (bicyclic) bond motifs is 4. The van der Waals surface area contributed by atoms with Gasteiger partial charge >= 0.3 is 0 Å². The van der Waals surface area contributed by atoms with E-state index in [2.05, 4.69) is 41.9 Å². The number of carbonyl (C=O) groups excluding carboxylic acids is 2. The first-order chi connectivity index (χ1) is 14.0. The summed E-state index contributed by atoms with van der Waals surface area (Å²) in [5, 5.41) is 4.75. The van der Waals surface area contributed by atoms with Crippen molar-refractivity contribution in [2.75, 3.05) is 0 Å². The zero-order valence-corrected chi connectivity index (χ0v) is 16.9. The average molecular weight is 388 g/mol. The molecule has 0 unspecified atom stereocenters. The molecule has 2 aromatic carbocycles. The van der Waals surface area contributed by atoms with Gasteiger partial charge in [0, 0.05) is 40.8 Å². The number of pyridine rings is 1. The van der Waals surface area contributed by atoms with Gasteiger partial charge in [-0.2, -0.15) is 0 Å². The summed E-state index contributed by atoms with van der Waals surface area (Å²) in [6, 6.07) is 7.98. The number of nitrogens with two attached hydrogens (primary N) is 1. The summed E-state index contributed by atoms with van der Waals surface area (Å²) in [5.41, 5.74) is 10.5. The van der Waals surface area contributed by atoms with E-state index in [1.807, 2.05) is 18.2 Å². The van der Waals surface area contributed by atoms with E-state index >= 15 is 0 Å². The first-order valence-corrected chi connectivity index (χ1v) is 10.1. The Hall–Kier alpha value is -3.21. The van der Waals surface area contributed by atoms with Gasteiger partial charge in [-0.25, -0.2) is 4.57 Å². The van der Waals surface area contributed by atoms with Crippen LogP contribution in [0.4, 0.5) is 0 Å². The topological polar surface area (TPSA) is 79.8 Å². The number of aldehydes is 1. The minimum Gasteiger partial charge on any atom is -0.370 e. The number of unbranched alkanes of at least 4 members (excludes halogenated alkanes) is 2. The molecule has 0 bridgehead atoms. The Morgan fingerprint density at radius 1 is 1.07 bits per heavy atom. The summed E-state index contributed by atoms with van der Waals surface area (Å²) in [4.78, 5) is 25.6. The number of rotatable bonds is 7. The standard InChI is InChI=1S/C24H25N3O2/c1-15-18-9-11-27(10-5-3-4-6-22(25)29)13-20(18)16(2)24-23(15)19-12-17(14-28)7-8-21(19)26-24/h7-9,11-14H,3-6,10H2,1-2H3,(H2,25,29)/p+1. The normalized spacial score (nSPS) is 11.5. The molecule has 0 aliphatic heterocycles. The lowest BCUT2D eigenvalue weighted by atomic mass is 9.96. The maximum absolute atomic E-state index is 11.2. The fourth-order valence-electron chi connectivity index (χ4n) is 4.30. The number of carbonyl (C=O) groups is 2. The molecule has 0 spiro atoms. The number of aryl methyl sites for hydroxylation is 3. The first kappa shape index (κ1) is 19.1. The van der Waals surface area contributed by atoms with Gasteiger partial charge in [0.2, 0.25) is 5.91 Å². The highest BCUT2D eigenvalue weighted by Crippen LogP contribution is 2.36. The van der Waals surface area contributed by atoms with Crippen LogP contribution >= 0.6 is 0 Å². The van der Waals surface area contributed by atoms with E-state index in [4.69, 9.17) is 5.73 Å². The zero-order chi connectivity index (χ0) is 20.5. The number of nitrogens with zero attached hydrogens (tertiary/aromatic N) is 1. The number of H-pyrrole nitrogens is 1. The molecule has 2 heterocycles. The number of hydrogen-bond donors (Lipinski definition) is 2. The van der Waals surface area contributed by atoms with Crippen LogP contribution in [0.3, 0.4) is 0 Å². The lowest BCUT2D eigenvalue weighted by Gasteiger charge is -2.08. The minimum atomic E-state index is -0.225. The van der Waals surface area contributed by atoms with Gasteiger partial charge in [-0.3, -0.25) is 9.59 Å². The summed E-state index contributed by atoms with van der Waals surface area (Å²) in [6.07, 6.45) is 8.56. The van der Waals surface area contributed by atoms with Gasteiger partial charge in [-0.05, 0) is 61.4 Å².